The van der Waals surface area contributed by atoms with Gasteiger partial charge in [-0.15, -0.1) is 0 Å². The van der Waals surface area contributed by atoms with Crippen LogP contribution in [0.4, 0.5) is 11.5 Å². The Labute approximate surface area is 111 Å². The lowest BCUT2D eigenvalue weighted by Crippen LogP contribution is -2.29. The summed E-state index contributed by atoms with van der Waals surface area (Å²) in [4.78, 5) is 16.5. The van der Waals surface area contributed by atoms with Crippen LogP contribution in [0, 0.1) is 28.4 Å². The zero-order chi connectivity index (χ0) is 14.3. The summed E-state index contributed by atoms with van der Waals surface area (Å²) in [6.07, 6.45) is 1.80. The molecular weight excluding hydrogens is 248 g/mol. The molecule has 0 atom stereocenters. The number of nitrogens with zero attached hydrogens (tertiary/aromatic N) is 4. The first-order valence-electron chi connectivity index (χ1n) is 5.82. The van der Waals surface area contributed by atoms with Gasteiger partial charge in [0.2, 0.25) is 0 Å². The normalized spacial score (nSPS) is 9.95. The molecular formula is C12H16N4O3. The largest absolute Gasteiger partial charge is 0.383 e. The number of hydrogen-bond donors (Lipinski definition) is 0. The Bertz CT molecular complexity index is 484. The molecule has 1 aromatic rings. The quantitative estimate of drug-likeness (QED) is 0.549. The molecule has 0 unspecified atom stereocenters. The summed E-state index contributed by atoms with van der Waals surface area (Å²) in [5.74, 6) is 0.490. The minimum absolute atomic E-state index is 0.0318. The van der Waals surface area contributed by atoms with Crippen molar-refractivity contribution in [3.63, 3.8) is 0 Å². The lowest BCUT2D eigenvalue weighted by Gasteiger charge is -2.22. The molecule has 7 nitrogen and oxygen atoms in total. The van der Waals surface area contributed by atoms with Crippen LogP contribution in [0.25, 0.3) is 0 Å². The van der Waals surface area contributed by atoms with Gasteiger partial charge in [-0.2, -0.15) is 5.26 Å². The van der Waals surface area contributed by atoms with Gasteiger partial charge in [-0.05, 0) is 6.92 Å². The van der Waals surface area contributed by atoms with Crippen molar-refractivity contribution in [1.29, 1.82) is 5.26 Å². The summed E-state index contributed by atoms with van der Waals surface area (Å²) in [5, 5.41) is 19.5. The molecule has 0 bridgehead atoms. The van der Waals surface area contributed by atoms with Gasteiger partial charge in [0.1, 0.15) is 5.82 Å². The van der Waals surface area contributed by atoms with Gasteiger partial charge in [0.15, 0.2) is 0 Å². The van der Waals surface area contributed by atoms with Crippen LogP contribution in [0.15, 0.2) is 12.3 Å². The van der Waals surface area contributed by atoms with Crippen LogP contribution >= 0.6 is 0 Å². The van der Waals surface area contributed by atoms with Crippen LogP contribution in [-0.4, -0.2) is 36.7 Å². The molecule has 102 valence electrons. The van der Waals surface area contributed by atoms with Crippen molar-refractivity contribution in [3.05, 3.63) is 27.9 Å². The van der Waals surface area contributed by atoms with Crippen LogP contribution in [0.5, 0.6) is 0 Å². The van der Waals surface area contributed by atoms with Crippen molar-refractivity contribution in [2.24, 2.45) is 0 Å². The first-order chi connectivity index (χ1) is 9.10. The summed E-state index contributed by atoms with van der Waals surface area (Å²) >= 11 is 0. The van der Waals surface area contributed by atoms with Crippen LogP contribution in [-0.2, 0) is 4.74 Å². The topological polar surface area (TPSA) is 92.3 Å². The molecule has 7 heteroatoms. The lowest BCUT2D eigenvalue weighted by atomic mass is 10.2. The molecule has 0 radical (unpaired) electrons. The van der Waals surface area contributed by atoms with Gasteiger partial charge in [0, 0.05) is 32.0 Å². The number of aryl methyl sites for hydroxylation is 1. The molecule has 0 aliphatic rings. The van der Waals surface area contributed by atoms with Crippen molar-refractivity contribution in [3.8, 4) is 6.07 Å². The Morgan fingerprint density at radius 3 is 2.89 bits per heavy atom. The Hall–Kier alpha value is -2.20. The third-order valence-corrected chi connectivity index (χ3v) is 2.64. The number of nitro groups is 1. The summed E-state index contributed by atoms with van der Waals surface area (Å²) < 4.78 is 4.99. The van der Waals surface area contributed by atoms with E-state index >= 15 is 0 Å². The number of hydrogen-bond acceptors (Lipinski definition) is 6. The van der Waals surface area contributed by atoms with E-state index in [-0.39, 0.29) is 5.69 Å². The van der Waals surface area contributed by atoms with E-state index in [0.717, 1.165) is 0 Å². The van der Waals surface area contributed by atoms with E-state index in [1.807, 2.05) is 6.07 Å². The van der Waals surface area contributed by atoms with Crippen LogP contribution in [0.1, 0.15) is 12.0 Å². The van der Waals surface area contributed by atoms with Crippen molar-refractivity contribution in [2.45, 2.75) is 13.3 Å². The van der Waals surface area contributed by atoms with Crippen molar-refractivity contribution < 1.29 is 9.66 Å². The first-order valence-corrected chi connectivity index (χ1v) is 5.82. The fourth-order valence-corrected chi connectivity index (χ4v) is 1.60. The van der Waals surface area contributed by atoms with E-state index in [4.69, 9.17) is 10.00 Å². The van der Waals surface area contributed by atoms with Crippen molar-refractivity contribution >= 4 is 11.5 Å². The number of rotatable bonds is 7. The Morgan fingerprint density at radius 1 is 1.58 bits per heavy atom. The van der Waals surface area contributed by atoms with Gasteiger partial charge in [-0.3, -0.25) is 10.1 Å². The molecule has 19 heavy (non-hydrogen) atoms. The highest BCUT2D eigenvalue weighted by molar-refractivity contribution is 5.50. The van der Waals surface area contributed by atoms with E-state index in [9.17, 15) is 10.1 Å². The maximum absolute atomic E-state index is 10.9. The minimum atomic E-state index is -0.431. The first kappa shape index (κ1) is 14.9. The second-order valence-corrected chi connectivity index (χ2v) is 3.97. The molecule has 1 aromatic heterocycles. The molecule has 1 heterocycles. The molecule has 0 aliphatic carbocycles. The van der Waals surface area contributed by atoms with E-state index in [1.54, 1.807) is 18.9 Å². The van der Waals surface area contributed by atoms with Crippen LogP contribution < -0.4 is 4.90 Å². The highest BCUT2D eigenvalue weighted by atomic mass is 16.6. The predicted molar refractivity (Wildman–Crippen MR) is 69.9 cm³/mol. The molecule has 1 rings (SSSR count). The summed E-state index contributed by atoms with van der Waals surface area (Å²) in [5.41, 5.74) is 0.546. The molecule has 0 spiro atoms. The Balaban J connectivity index is 2.97. The highest BCUT2D eigenvalue weighted by Crippen LogP contribution is 2.22. The van der Waals surface area contributed by atoms with E-state index in [0.29, 0.717) is 37.5 Å². The molecule has 0 aromatic carbocycles. The zero-order valence-electron chi connectivity index (χ0n) is 11.0. The van der Waals surface area contributed by atoms with E-state index < -0.39 is 4.92 Å². The Kier molecular flexibility index (Phi) is 5.70. The number of nitriles is 1. The van der Waals surface area contributed by atoms with Gasteiger partial charge >= 0.3 is 0 Å². The average molecular weight is 264 g/mol. The maximum atomic E-state index is 10.9. The summed E-state index contributed by atoms with van der Waals surface area (Å²) in [6.45, 7) is 3.11. The van der Waals surface area contributed by atoms with Gasteiger partial charge < -0.3 is 9.64 Å². The number of ether oxygens (including phenoxy) is 1. The van der Waals surface area contributed by atoms with Gasteiger partial charge in [-0.25, -0.2) is 4.98 Å². The zero-order valence-corrected chi connectivity index (χ0v) is 11.0. The van der Waals surface area contributed by atoms with Crippen molar-refractivity contribution in [2.75, 3.05) is 31.7 Å². The standard InChI is InChI=1S/C12H16N4O3/c1-10-9-14-12(8-11(10)16(17)18)15(5-3-4-13)6-7-19-2/h8-9H,3,5-7H2,1-2H3. The van der Waals surface area contributed by atoms with Gasteiger partial charge in [-0.1, -0.05) is 0 Å². The number of methoxy groups -OCH3 is 1. The number of anilines is 1. The van der Waals surface area contributed by atoms with Gasteiger partial charge in [0.05, 0.1) is 30.1 Å². The fourth-order valence-electron chi connectivity index (χ4n) is 1.60. The predicted octanol–water partition coefficient (Wildman–Crippen LogP) is 1.66. The molecule has 0 amide bonds. The minimum Gasteiger partial charge on any atom is -0.383 e. The molecule has 0 fully saturated rings. The SMILES string of the molecule is COCCN(CCC#N)c1cc([N+](=O)[O-])c(C)cn1. The molecule has 0 saturated heterocycles. The Morgan fingerprint density at radius 2 is 2.32 bits per heavy atom. The summed E-state index contributed by atoms with van der Waals surface area (Å²) in [6, 6.07) is 3.48. The lowest BCUT2D eigenvalue weighted by molar-refractivity contribution is -0.385. The third kappa shape index (κ3) is 4.19. The molecule has 0 aliphatic heterocycles. The third-order valence-electron chi connectivity index (χ3n) is 2.64. The monoisotopic (exact) mass is 264 g/mol. The number of pyridine rings is 1. The van der Waals surface area contributed by atoms with E-state index in [2.05, 4.69) is 4.98 Å². The second kappa shape index (κ2) is 7.28. The smallest absolute Gasteiger partial charge is 0.277 e. The number of aromatic nitrogens is 1. The molecule has 0 N–H and O–H groups in total. The van der Waals surface area contributed by atoms with Gasteiger partial charge in [0.25, 0.3) is 5.69 Å². The average Bonchev–Trinajstić information content (AvgIpc) is 2.39. The second-order valence-electron chi connectivity index (χ2n) is 3.97. The fraction of sp³-hybridized carbons (Fsp3) is 0.500. The van der Waals surface area contributed by atoms with E-state index in [1.165, 1.54) is 12.3 Å². The van der Waals surface area contributed by atoms with Crippen LogP contribution in [0.2, 0.25) is 0 Å². The van der Waals surface area contributed by atoms with Crippen molar-refractivity contribution in [1.82, 2.24) is 4.98 Å². The van der Waals surface area contributed by atoms with Crippen LogP contribution in [0.3, 0.4) is 0 Å². The maximum Gasteiger partial charge on any atom is 0.277 e. The highest BCUT2D eigenvalue weighted by Gasteiger charge is 2.15. The summed E-state index contributed by atoms with van der Waals surface area (Å²) in [7, 11) is 1.58. The molecule has 0 saturated carbocycles.